The normalized spacial score (nSPS) is 11.5. The van der Waals surface area contributed by atoms with Crippen LogP contribution in [0.2, 0.25) is 0 Å². The molecule has 3 heterocycles. The van der Waals surface area contributed by atoms with Crippen LogP contribution in [0.4, 0.5) is 0 Å². The van der Waals surface area contributed by atoms with Gasteiger partial charge in [-0.3, -0.25) is 4.40 Å². The smallest absolute Gasteiger partial charge is 0.195 e. The molecule has 3 aromatic heterocycles. The van der Waals surface area contributed by atoms with E-state index in [-0.39, 0.29) is 0 Å². The van der Waals surface area contributed by atoms with Gasteiger partial charge in [0.25, 0.3) is 0 Å². The van der Waals surface area contributed by atoms with Crippen LogP contribution in [0.5, 0.6) is 0 Å². The molecule has 0 radical (unpaired) electrons. The summed E-state index contributed by atoms with van der Waals surface area (Å²) in [5.41, 5.74) is 4.48. The molecule has 0 unspecified atom stereocenters. The Labute approximate surface area is 155 Å². The van der Waals surface area contributed by atoms with Crippen molar-refractivity contribution in [3.63, 3.8) is 0 Å². The summed E-state index contributed by atoms with van der Waals surface area (Å²) in [6.45, 7) is 4.42. The molecule has 126 valence electrons. The van der Waals surface area contributed by atoms with Gasteiger partial charge >= 0.3 is 0 Å². The van der Waals surface area contributed by atoms with Crippen LogP contribution >= 0.6 is 23.1 Å². The molecule has 4 nitrogen and oxygen atoms in total. The summed E-state index contributed by atoms with van der Waals surface area (Å²) in [4.78, 5) is 4.77. The lowest BCUT2D eigenvalue weighted by Crippen LogP contribution is -1.88. The van der Waals surface area contributed by atoms with Crippen LogP contribution in [-0.2, 0) is 5.75 Å². The van der Waals surface area contributed by atoms with E-state index in [0.717, 1.165) is 27.3 Å². The third-order valence-corrected chi connectivity index (χ3v) is 5.92. The average Bonchev–Trinajstić information content (AvgIpc) is 3.27. The second-order valence-electron chi connectivity index (χ2n) is 6.12. The Kier molecular flexibility index (Phi) is 4.55. The monoisotopic (exact) mass is 366 g/mol. The molecule has 0 saturated heterocycles. The van der Waals surface area contributed by atoms with Crippen LogP contribution in [0.3, 0.4) is 0 Å². The molecular weight excluding hydrogens is 348 g/mol. The molecule has 0 amide bonds. The van der Waals surface area contributed by atoms with E-state index >= 15 is 0 Å². The number of thioether (sulfide) groups is 1. The van der Waals surface area contributed by atoms with Crippen LogP contribution in [0, 0.1) is 0 Å². The van der Waals surface area contributed by atoms with Crippen LogP contribution in [0.25, 0.3) is 16.2 Å². The van der Waals surface area contributed by atoms with E-state index in [0.29, 0.717) is 5.92 Å². The van der Waals surface area contributed by atoms with Crippen molar-refractivity contribution in [2.45, 2.75) is 30.7 Å². The molecule has 0 aliphatic carbocycles. The maximum Gasteiger partial charge on any atom is 0.195 e. The molecule has 1 aromatic carbocycles. The minimum atomic E-state index is 0.551. The first-order valence-electron chi connectivity index (χ1n) is 8.18. The van der Waals surface area contributed by atoms with Crippen molar-refractivity contribution in [1.82, 2.24) is 19.6 Å². The third-order valence-electron chi connectivity index (χ3n) is 4.01. The lowest BCUT2D eigenvalue weighted by atomic mass is 10.0. The van der Waals surface area contributed by atoms with Crippen LogP contribution in [0.1, 0.15) is 31.0 Å². The molecule has 0 bridgehead atoms. The first kappa shape index (κ1) is 16.3. The summed E-state index contributed by atoms with van der Waals surface area (Å²) < 4.78 is 2.00. The molecule has 4 rings (SSSR count). The molecule has 0 aliphatic heterocycles. The highest BCUT2D eigenvalue weighted by Crippen LogP contribution is 2.28. The summed E-state index contributed by atoms with van der Waals surface area (Å²) in [5.74, 6) is 1.34. The van der Waals surface area contributed by atoms with Gasteiger partial charge < -0.3 is 0 Å². The number of hydrogen-bond acceptors (Lipinski definition) is 5. The topological polar surface area (TPSA) is 43.1 Å². The van der Waals surface area contributed by atoms with Gasteiger partial charge in [0.05, 0.1) is 5.69 Å². The summed E-state index contributed by atoms with van der Waals surface area (Å²) in [5, 5.41) is 12.5. The molecule has 0 saturated carbocycles. The lowest BCUT2D eigenvalue weighted by molar-refractivity contribution is 0.867. The standard InChI is InChI=1S/C19H18N4S2/c1-13(2)14-6-8-15(9-7-14)18-20-16(11-24-18)12-25-19-22-21-17-5-3-4-10-23(17)19/h3-11,13H,12H2,1-2H3. The molecule has 4 aromatic rings. The van der Waals surface area contributed by atoms with E-state index in [4.69, 9.17) is 4.98 Å². The van der Waals surface area contributed by atoms with Gasteiger partial charge in [-0.1, -0.05) is 55.9 Å². The van der Waals surface area contributed by atoms with Gasteiger partial charge in [0.15, 0.2) is 10.8 Å². The van der Waals surface area contributed by atoms with Gasteiger partial charge in [0.2, 0.25) is 0 Å². The first-order valence-corrected chi connectivity index (χ1v) is 10.0. The number of aromatic nitrogens is 4. The Morgan fingerprint density at radius 1 is 1.08 bits per heavy atom. The Balaban J connectivity index is 1.48. The number of benzene rings is 1. The first-order chi connectivity index (χ1) is 12.2. The second kappa shape index (κ2) is 6.98. The molecule has 6 heteroatoms. The molecule has 0 aliphatic rings. The quantitative estimate of drug-likeness (QED) is 0.451. The maximum absolute atomic E-state index is 4.77. The van der Waals surface area contributed by atoms with E-state index in [1.165, 1.54) is 11.1 Å². The van der Waals surface area contributed by atoms with E-state index in [1.807, 2.05) is 28.8 Å². The van der Waals surface area contributed by atoms with Crippen molar-refractivity contribution < 1.29 is 0 Å². The number of nitrogens with zero attached hydrogens (tertiary/aromatic N) is 4. The van der Waals surface area contributed by atoms with Gasteiger partial charge in [-0.05, 0) is 23.6 Å². The summed E-state index contributed by atoms with van der Waals surface area (Å²) in [7, 11) is 0. The SMILES string of the molecule is CC(C)c1ccc(-c2nc(CSc3nnc4ccccn34)cs2)cc1. The molecule has 0 fully saturated rings. The van der Waals surface area contributed by atoms with Gasteiger partial charge in [0, 0.05) is 22.9 Å². The fourth-order valence-corrected chi connectivity index (χ4v) is 4.32. The zero-order valence-electron chi connectivity index (χ0n) is 14.1. The highest BCUT2D eigenvalue weighted by Gasteiger charge is 2.09. The Morgan fingerprint density at radius 3 is 2.72 bits per heavy atom. The summed E-state index contributed by atoms with van der Waals surface area (Å²) in [6.07, 6.45) is 1.99. The number of thiazole rings is 1. The Bertz CT molecular complexity index is 986. The molecule has 0 spiro atoms. The zero-order valence-corrected chi connectivity index (χ0v) is 15.7. The fraction of sp³-hybridized carbons (Fsp3) is 0.211. The number of rotatable bonds is 5. The fourth-order valence-electron chi connectivity index (χ4n) is 2.57. The summed E-state index contributed by atoms with van der Waals surface area (Å²) >= 11 is 3.35. The van der Waals surface area contributed by atoms with Gasteiger partial charge in [-0.25, -0.2) is 4.98 Å². The minimum Gasteiger partial charge on any atom is -0.277 e. The highest BCUT2D eigenvalue weighted by molar-refractivity contribution is 7.98. The van der Waals surface area contributed by atoms with Crippen molar-refractivity contribution in [2.24, 2.45) is 0 Å². The van der Waals surface area contributed by atoms with Crippen molar-refractivity contribution in [3.8, 4) is 10.6 Å². The lowest BCUT2D eigenvalue weighted by Gasteiger charge is -2.05. The number of hydrogen-bond donors (Lipinski definition) is 0. The maximum atomic E-state index is 4.77. The third kappa shape index (κ3) is 3.45. The predicted molar refractivity (Wildman–Crippen MR) is 104 cm³/mol. The van der Waals surface area contributed by atoms with E-state index in [9.17, 15) is 0 Å². The largest absolute Gasteiger partial charge is 0.277 e. The van der Waals surface area contributed by atoms with Gasteiger partial charge in [-0.2, -0.15) is 0 Å². The van der Waals surface area contributed by atoms with Crippen LogP contribution in [-0.4, -0.2) is 19.6 Å². The Hall–Kier alpha value is -2.18. The average molecular weight is 367 g/mol. The molecular formula is C19H18N4S2. The zero-order chi connectivity index (χ0) is 17.2. The van der Waals surface area contributed by atoms with Crippen molar-refractivity contribution >= 4 is 28.7 Å². The molecule has 0 atom stereocenters. The molecule has 25 heavy (non-hydrogen) atoms. The van der Waals surface area contributed by atoms with Crippen molar-refractivity contribution in [1.29, 1.82) is 0 Å². The molecule has 0 N–H and O–H groups in total. The van der Waals surface area contributed by atoms with Crippen LogP contribution < -0.4 is 0 Å². The second-order valence-corrected chi connectivity index (χ2v) is 7.92. The van der Waals surface area contributed by atoms with Gasteiger partial charge in [0.1, 0.15) is 5.01 Å². The summed E-state index contributed by atoms with van der Waals surface area (Å²) in [6, 6.07) is 14.6. The van der Waals surface area contributed by atoms with Crippen molar-refractivity contribution in [2.75, 3.05) is 0 Å². The van der Waals surface area contributed by atoms with Gasteiger partial charge in [-0.15, -0.1) is 21.5 Å². The van der Waals surface area contributed by atoms with Crippen LogP contribution in [0.15, 0.2) is 59.2 Å². The minimum absolute atomic E-state index is 0.551. The van der Waals surface area contributed by atoms with Crippen molar-refractivity contribution in [3.05, 3.63) is 65.3 Å². The van der Waals surface area contributed by atoms with E-state index in [1.54, 1.807) is 23.1 Å². The van der Waals surface area contributed by atoms with E-state index in [2.05, 4.69) is 53.7 Å². The predicted octanol–water partition coefficient (Wildman–Crippen LogP) is 5.27. The number of fused-ring (bicyclic) bond motifs is 1. The van der Waals surface area contributed by atoms with E-state index < -0.39 is 0 Å². The Morgan fingerprint density at radius 2 is 1.92 bits per heavy atom. The highest BCUT2D eigenvalue weighted by atomic mass is 32.2. The number of pyridine rings is 1.